The lowest BCUT2D eigenvalue weighted by molar-refractivity contribution is -0.135. The number of aromatic nitrogens is 2. The van der Waals surface area contributed by atoms with Crippen molar-refractivity contribution >= 4 is 40.3 Å². The van der Waals surface area contributed by atoms with Gasteiger partial charge >= 0.3 is 0 Å². The molecule has 3 aliphatic rings. The van der Waals surface area contributed by atoms with Crippen LogP contribution in [-0.2, 0) is 32.1 Å². The summed E-state index contributed by atoms with van der Waals surface area (Å²) >= 11 is 0. The van der Waals surface area contributed by atoms with Crippen LogP contribution in [0.15, 0.2) is 89.7 Å². The summed E-state index contributed by atoms with van der Waals surface area (Å²) in [4.78, 5) is 88.8. The number of amides is 5. The van der Waals surface area contributed by atoms with E-state index in [9.17, 15) is 37.5 Å². The zero-order valence-corrected chi connectivity index (χ0v) is 43.3. The number of carbonyl (C=O) groups is 5. The van der Waals surface area contributed by atoms with E-state index in [1.54, 1.807) is 57.0 Å². The third-order valence-electron chi connectivity index (χ3n) is 15.0. The number of rotatable bonds is 20. The summed E-state index contributed by atoms with van der Waals surface area (Å²) in [6.45, 7) is 3.68. The first kappa shape index (κ1) is 55.3. The van der Waals surface area contributed by atoms with Gasteiger partial charge in [-0.25, -0.2) is 18.3 Å². The van der Waals surface area contributed by atoms with Gasteiger partial charge in [0.2, 0.25) is 17.7 Å². The van der Waals surface area contributed by atoms with Gasteiger partial charge in [0.25, 0.3) is 17.4 Å². The van der Waals surface area contributed by atoms with Crippen molar-refractivity contribution in [1.82, 2.24) is 45.3 Å². The number of ether oxygens (including phenoxy) is 1. The molecule has 3 fully saturated rings. The Labute approximate surface area is 440 Å². The Bertz CT molecular complexity index is 2930. The van der Waals surface area contributed by atoms with Crippen molar-refractivity contribution in [2.24, 2.45) is 5.92 Å². The van der Waals surface area contributed by atoms with Gasteiger partial charge < -0.3 is 35.0 Å². The number of halogens is 3. The number of piperidine rings is 1. The smallest absolute Gasteiger partial charge is 0.272 e. The van der Waals surface area contributed by atoms with E-state index < -0.39 is 29.4 Å². The normalized spacial score (nSPS) is 16.7. The molecule has 8 rings (SSSR count). The highest BCUT2D eigenvalue weighted by atomic mass is 19.1. The van der Waals surface area contributed by atoms with Gasteiger partial charge in [0.1, 0.15) is 23.5 Å². The molecule has 2 saturated heterocycles. The molecular weight excluding hydrogens is 980 g/mol. The summed E-state index contributed by atoms with van der Waals surface area (Å²) in [5.41, 5.74) is 2.53. The molecule has 1 saturated carbocycles. The quantitative estimate of drug-likeness (QED) is 0.0844. The lowest BCUT2D eigenvalue weighted by atomic mass is 9.83. The monoisotopic (exact) mass is 1050 g/mol. The first-order valence-corrected chi connectivity index (χ1v) is 26.4. The maximum Gasteiger partial charge on any atom is 0.272 e. The van der Waals surface area contributed by atoms with Crippen molar-refractivity contribution < 1.29 is 41.9 Å². The fourth-order valence-corrected chi connectivity index (χ4v) is 10.5. The van der Waals surface area contributed by atoms with Gasteiger partial charge in [0.05, 0.1) is 42.9 Å². The van der Waals surface area contributed by atoms with Crippen LogP contribution in [0.1, 0.15) is 94.0 Å². The maximum atomic E-state index is 15.1. The van der Waals surface area contributed by atoms with E-state index in [1.807, 2.05) is 36.2 Å². The molecule has 3 N–H and O–H groups in total. The van der Waals surface area contributed by atoms with Crippen LogP contribution < -0.4 is 16.2 Å². The van der Waals surface area contributed by atoms with E-state index in [0.717, 1.165) is 56.6 Å². The predicted octanol–water partition coefficient (Wildman–Crippen LogP) is 5.50. The van der Waals surface area contributed by atoms with E-state index >= 15 is 4.39 Å². The third kappa shape index (κ3) is 14.3. The van der Waals surface area contributed by atoms with Crippen LogP contribution in [0.4, 0.5) is 13.2 Å². The Balaban J connectivity index is 0.755. The lowest BCUT2D eigenvalue weighted by Gasteiger charge is -2.35. The predicted molar refractivity (Wildman–Crippen MR) is 281 cm³/mol. The minimum Gasteiger partial charge on any atom is -0.378 e. The Morgan fingerprint density at radius 1 is 0.763 bits per heavy atom. The molecule has 16 nitrogen and oxygen atoms in total. The average molecular weight is 1050 g/mol. The van der Waals surface area contributed by atoms with Crippen LogP contribution in [-0.4, -0.2) is 163 Å². The Morgan fingerprint density at radius 3 is 2.29 bits per heavy atom. The second-order valence-electron chi connectivity index (χ2n) is 20.3. The lowest BCUT2D eigenvalue weighted by Crippen LogP contribution is -2.52. The van der Waals surface area contributed by atoms with Gasteiger partial charge in [-0.15, -0.1) is 0 Å². The van der Waals surface area contributed by atoms with Crippen LogP contribution >= 0.6 is 0 Å². The standard InChI is InChI=1S/C57H68F3N9O7/c1-65(37-52(71)67-22-24-68(25-23-67)56(74)47-30-38(17-20-48(47)59)31-50-45-15-6-7-16-46(45)55(73)64-63-50)26-28-76-29-27-66(2)57(75)53(39-10-4-3-5-11-39)62-54(72)41-13-8-12-40(32-41)43-14-9-21-69(36-43)51(70)35-61-34-42-18-19-44(58)33-49(42)60/h6-8,12-13,15-20,30,32-33,39,43,53,61H,3-5,9-11,14,21-29,31,34-37H2,1-2H3,(H,62,72)(H,64,73)/t43?,53-/m1/s1. The molecule has 2 aliphatic heterocycles. The molecule has 4 aromatic carbocycles. The van der Waals surface area contributed by atoms with Crippen molar-refractivity contribution in [1.29, 1.82) is 0 Å². The van der Waals surface area contributed by atoms with Crippen LogP contribution in [0.25, 0.3) is 10.8 Å². The third-order valence-corrected chi connectivity index (χ3v) is 15.0. The fraction of sp³-hybridized carbons (Fsp3) is 0.456. The number of nitrogens with zero attached hydrogens (tertiary/aromatic N) is 6. The summed E-state index contributed by atoms with van der Waals surface area (Å²) < 4.78 is 48.4. The minimum atomic E-state index is -0.719. The van der Waals surface area contributed by atoms with Gasteiger partial charge in [-0.2, -0.15) is 5.10 Å². The second-order valence-corrected chi connectivity index (χ2v) is 20.3. The van der Waals surface area contributed by atoms with Crippen LogP contribution in [0, 0.1) is 23.4 Å². The van der Waals surface area contributed by atoms with Gasteiger partial charge in [-0.3, -0.25) is 33.7 Å². The van der Waals surface area contributed by atoms with Crippen molar-refractivity contribution in [2.45, 2.75) is 69.9 Å². The molecule has 1 aromatic heterocycles. The molecule has 19 heteroatoms. The SMILES string of the molecule is CN(CCOCCN(C)C(=O)[C@H](NC(=O)c1cccc(C2CCCN(C(=O)CNCc3ccc(F)cc3F)C2)c1)C1CCCCC1)CC(=O)N1CCN(C(=O)c2cc(Cc3n[nH]c(=O)c4ccccc34)ccc2F)CC1. The first-order chi connectivity index (χ1) is 36.7. The number of H-pyrrole nitrogens is 1. The van der Waals surface area contributed by atoms with Crippen LogP contribution in [0.5, 0.6) is 0 Å². The van der Waals surface area contributed by atoms with E-state index in [1.165, 1.54) is 24.3 Å². The van der Waals surface area contributed by atoms with Gasteiger partial charge in [-0.1, -0.05) is 61.7 Å². The van der Waals surface area contributed by atoms with Gasteiger partial charge in [-0.05, 0) is 86.2 Å². The maximum absolute atomic E-state index is 15.1. The molecule has 76 heavy (non-hydrogen) atoms. The molecule has 1 aliphatic carbocycles. The van der Waals surface area contributed by atoms with Gasteiger partial charge in [0, 0.05) is 101 Å². The Morgan fingerprint density at radius 2 is 1.51 bits per heavy atom. The van der Waals surface area contributed by atoms with E-state index in [0.29, 0.717) is 73.5 Å². The number of likely N-dealkylation sites (tertiary alicyclic amines) is 1. The number of hydrogen-bond acceptors (Lipinski definition) is 10. The average Bonchev–Trinajstić information content (AvgIpc) is 3.44. The van der Waals surface area contributed by atoms with Crippen molar-refractivity contribution in [3.63, 3.8) is 0 Å². The summed E-state index contributed by atoms with van der Waals surface area (Å²) in [7, 11) is 3.53. The summed E-state index contributed by atoms with van der Waals surface area (Å²) in [5, 5.41) is 14.0. The molecule has 5 aromatic rings. The molecule has 3 heterocycles. The number of nitrogens with one attached hydrogen (secondary N) is 3. The highest BCUT2D eigenvalue weighted by molar-refractivity contribution is 5.98. The molecule has 0 radical (unpaired) electrons. The molecule has 0 bridgehead atoms. The van der Waals surface area contributed by atoms with Crippen LogP contribution in [0.3, 0.4) is 0 Å². The van der Waals surface area contributed by atoms with E-state index in [2.05, 4.69) is 20.8 Å². The summed E-state index contributed by atoms with van der Waals surface area (Å²) in [6.07, 6.45) is 6.57. The number of carbonyl (C=O) groups excluding carboxylic acids is 5. The number of likely N-dealkylation sites (N-methyl/N-ethyl adjacent to an activating group) is 2. The fourth-order valence-electron chi connectivity index (χ4n) is 10.5. The summed E-state index contributed by atoms with van der Waals surface area (Å²) in [6, 6.07) is 21.5. The van der Waals surface area contributed by atoms with E-state index in [-0.39, 0.29) is 97.9 Å². The first-order valence-electron chi connectivity index (χ1n) is 26.4. The van der Waals surface area contributed by atoms with Gasteiger partial charge in [0.15, 0.2) is 0 Å². The number of fused-ring (bicyclic) bond motifs is 1. The molecule has 0 spiro atoms. The van der Waals surface area contributed by atoms with Crippen molar-refractivity contribution in [3.8, 4) is 0 Å². The number of aromatic amines is 1. The molecular formula is C57H68F3N9O7. The molecule has 404 valence electrons. The molecule has 1 unspecified atom stereocenters. The van der Waals surface area contributed by atoms with E-state index in [4.69, 9.17) is 4.74 Å². The Hall–Kier alpha value is -6.96. The zero-order chi connectivity index (χ0) is 53.7. The number of piperazine rings is 1. The number of benzene rings is 4. The highest BCUT2D eigenvalue weighted by Crippen LogP contribution is 2.30. The summed E-state index contributed by atoms with van der Waals surface area (Å²) in [5.74, 6) is -3.21. The van der Waals surface area contributed by atoms with Crippen molar-refractivity contribution in [2.75, 3.05) is 92.8 Å². The topological polar surface area (TPSA) is 181 Å². The number of hydrogen-bond donors (Lipinski definition) is 3. The molecule has 2 atom stereocenters. The molecule has 5 amide bonds. The largest absolute Gasteiger partial charge is 0.378 e. The van der Waals surface area contributed by atoms with Crippen molar-refractivity contribution in [3.05, 3.63) is 146 Å². The second kappa shape index (κ2) is 26.2. The highest BCUT2D eigenvalue weighted by Gasteiger charge is 2.34. The van der Waals surface area contributed by atoms with Crippen LogP contribution in [0.2, 0.25) is 0 Å². The zero-order valence-electron chi connectivity index (χ0n) is 43.3. The minimum absolute atomic E-state index is 0.00138. The Kier molecular flexibility index (Phi) is 19.1.